The van der Waals surface area contributed by atoms with Crippen molar-refractivity contribution in [3.8, 4) is 0 Å². The molecule has 138 valence electrons. The molecular formula is C18H20N2O5S. The van der Waals surface area contributed by atoms with Gasteiger partial charge in [-0.05, 0) is 50.2 Å². The van der Waals surface area contributed by atoms with E-state index in [0.29, 0.717) is 11.3 Å². The number of aryl methyl sites for hydroxylation is 1. The fraction of sp³-hybridized carbons (Fsp3) is 0.222. The summed E-state index contributed by atoms with van der Waals surface area (Å²) in [6, 6.07) is 11.4. The van der Waals surface area contributed by atoms with Crippen LogP contribution in [0.4, 0.5) is 5.69 Å². The highest BCUT2D eigenvalue weighted by molar-refractivity contribution is 7.89. The fourth-order valence-corrected chi connectivity index (χ4v) is 3.33. The van der Waals surface area contributed by atoms with Gasteiger partial charge in [-0.15, -0.1) is 0 Å². The summed E-state index contributed by atoms with van der Waals surface area (Å²) in [5, 5.41) is 2.59. The van der Waals surface area contributed by atoms with Gasteiger partial charge in [-0.25, -0.2) is 13.2 Å². The summed E-state index contributed by atoms with van der Waals surface area (Å²) in [7, 11) is -2.53. The molecular weight excluding hydrogens is 356 g/mol. The molecule has 0 aliphatic rings. The zero-order chi connectivity index (χ0) is 19.3. The van der Waals surface area contributed by atoms with Crippen molar-refractivity contribution >= 4 is 27.6 Å². The van der Waals surface area contributed by atoms with E-state index in [2.05, 4.69) is 14.8 Å². The first kappa shape index (κ1) is 19.6. The van der Waals surface area contributed by atoms with E-state index in [-0.39, 0.29) is 4.90 Å². The number of rotatable bonds is 6. The molecule has 0 saturated heterocycles. The van der Waals surface area contributed by atoms with Gasteiger partial charge in [0.05, 0.1) is 23.6 Å². The van der Waals surface area contributed by atoms with E-state index in [1.54, 1.807) is 12.1 Å². The van der Waals surface area contributed by atoms with E-state index in [4.69, 9.17) is 0 Å². The third kappa shape index (κ3) is 4.90. The van der Waals surface area contributed by atoms with Crippen molar-refractivity contribution in [2.45, 2.75) is 24.8 Å². The van der Waals surface area contributed by atoms with Gasteiger partial charge < -0.3 is 10.1 Å². The van der Waals surface area contributed by atoms with Crippen LogP contribution in [0.3, 0.4) is 0 Å². The average molecular weight is 376 g/mol. The molecule has 2 aromatic rings. The Labute approximate surface area is 152 Å². The molecule has 1 atom stereocenters. The summed E-state index contributed by atoms with van der Waals surface area (Å²) in [5.74, 6) is -1.01. The lowest BCUT2D eigenvalue weighted by atomic mass is 10.2. The Hall–Kier alpha value is -2.71. The van der Waals surface area contributed by atoms with Crippen LogP contribution in [0.2, 0.25) is 0 Å². The van der Waals surface area contributed by atoms with Gasteiger partial charge in [-0.3, -0.25) is 4.79 Å². The monoisotopic (exact) mass is 376 g/mol. The number of sulfonamides is 1. The second-order valence-corrected chi connectivity index (χ2v) is 7.43. The van der Waals surface area contributed by atoms with Crippen LogP contribution in [0.25, 0.3) is 0 Å². The highest BCUT2D eigenvalue weighted by Gasteiger charge is 2.22. The Bertz CT molecular complexity index is 890. The Balaban J connectivity index is 2.03. The maximum Gasteiger partial charge on any atom is 0.337 e. The number of benzene rings is 2. The van der Waals surface area contributed by atoms with Crippen LogP contribution < -0.4 is 10.0 Å². The highest BCUT2D eigenvalue weighted by Crippen LogP contribution is 2.13. The number of hydrogen-bond acceptors (Lipinski definition) is 5. The van der Waals surface area contributed by atoms with Crippen LogP contribution >= 0.6 is 0 Å². The molecule has 0 heterocycles. The lowest BCUT2D eigenvalue weighted by Crippen LogP contribution is -2.41. The molecule has 0 aliphatic carbocycles. The first-order valence-corrected chi connectivity index (χ1v) is 9.29. The number of hydrogen-bond donors (Lipinski definition) is 2. The van der Waals surface area contributed by atoms with Crippen molar-refractivity contribution in [1.82, 2.24) is 4.72 Å². The van der Waals surface area contributed by atoms with E-state index < -0.39 is 27.9 Å². The quantitative estimate of drug-likeness (QED) is 0.752. The van der Waals surface area contributed by atoms with Crippen LogP contribution in [-0.2, 0) is 19.6 Å². The lowest BCUT2D eigenvalue weighted by molar-refractivity contribution is -0.117. The second kappa shape index (κ2) is 8.11. The summed E-state index contributed by atoms with van der Waals surface area (Å²) in [5.41, 5.74) is 1.72. The van der Waals surface area contributed by atoms with Crippen molar-refractivity contribution in [3.05, 3.63) is 59.7 Å². The standard InChI is InChI=1S/C18H20N2O5S/c1-12-4-10-16(11-5-12)26(23,24)20-13(2)17(21)19-15-8-6-14(7-9-15)18(22)25-3/h4-11,13,20H,1-3H3,(H,19,21). The minimum atomic E-state index is -3.81. The second-order valence-electron chi connectivity index (χ2n) is 5.71. The lowest BCUT2D eigenvalue weighted by Gasteiger charge is -2.15. The maximum absolute atomic E-state index is 12.3. The van der Waals surface area contributed by atoms with Gasteiger partial charge in [0.1, 0.15) is 0 Å². The van der Waals surface area contributed by atoms with E-state index in [1.807, 2.05) is 6.92 Å². The molecule has 1 unspecified atom stereocenters. The fourth-order valence-electron chi connectivity index (χ4n) is 2.13. The van der Waals surface area contributed by atoms with E-state index in [0.717, 1.165) is 5.56 Å². The van der Waals surface area contributed by atoms with Gasteiger partial charge in [-0.2, -0.15) is 4.72 Å². The molecule has 2 aromatic carbocycles. The minimum Gasteiger partial charge on any atom is -0.465 e. The van der Waals surface area contributed by atoms with E-state index >= 15 is 0 Å². The third-order valence-corrected chi connectivity index (χ3v) is 5.19. The van der Waals surface area contributed by atoms with E-state index in [9.17, 15) is 18.0 Å². The Kier molecular flexibility index (Phi) is 6.12. The molecule has 0 radical (unpaired) electrons. The predicted molar refractivity (Wildman–Crippen MR) is 97.4 cm³/mol. The number of amides is 1. The van der Waals surface area contributed by atoms with Crippen LogP contribution in [0.1, 0.15) is 22.8 Å². The average Bonchev–Trinajstić information content (AvgIpc) is 2.61. The van der Waals surface area contributed by atoms with Gasteiger partial charge in [0, 0.05) is 5.69 Å². The van der Waals surface area contributed by atoms with Crippen molar-refractivity contribution in [3.63, 3.8) is 0 Å². The largest absolute Gasteiger partial charge is 0.465 e. The minimum absolute atomic E-state index is 0.0881. The summed E-state index contributed by atoms with van der Waals surface area (Å²) in [4.78, 5) is 23.7. The van der Waals surface area contributed by atoms with Gasteiger partial charge in [-0.1, -0.05) is 17.7 Å². The van der Waals surface area contributed by atoms with Gasteiger partial charge in [0.15, 0.2) is 0 Å². The van der Waals surface area contributed by atoms with Gasteiger partial charge >= 0.3 is 5.97 Å². The molecule has 1 amide bonds. The molecule has 0 bridgehead atoms. The van der Waals surface area contributed by atoms with Crippen molar-refractivity contribution in [1.29, 1.82) is 0 Å². The summed E-state index contributed by atoms with van der Waals surface area (Å²) < 4.78 is 31.6. The first-order chi connectivity index (χ1) is 12.2. The Morgan fingerprint density at radius 3 is 2.12 bits per heavy atom. The first-order valence-electron chi connectivity index (χ1n) is 7.81. The SMILES string of the molecule is COC(=O)c1ccc(NC(=O)C(C)NS(=O)(=O)c2ccc(C)cc2)cc1. The molecule has 2 rings (SSSR count). The molecule has 8 heteroatoms. The smallest absolute Gasteiger partial charge is 0.337 e. The molecule has 2 N–H and O–H groups in total. The molecule has 0 fully saturated rings. The zero-order valence-electron chi connectivity index (χ0n) is 14.6. The molecule has 0 aliphatic heterocycles. The van der Waals surface area contributed by atoms with E-state index in [1.165, 1.54) is 50.4 Å². The van der Waals surface area contributed by atoms with Crippen LogP contribution in [0.15, 0.2) is 53.4 Å². The number of ether oxygens (including phenoxy) is 1. The Morgan fingerprint density at radius 2 is 1.58 bits per heavy atom. The highest BCUT2D eigenvalue weighted by atomic mass is 32.2. The molecule has 0 spiro atoms. The number of esters is 1. The Morgan fingerprint density at radius 1 is 1.00 bits per heavy atom. The van der Waals surface area contributed by atoms with Gasteiger partial charge in [0.25, 0.3) is 0 Å². The van der Waals surface area contributed by atoms with Crippen molar-refractivity contribution in [2.75, 3.05) is 12.4 Å². The number of methoxy groups -OCH3 is 1. The van der Waals surface area contributed by atoms with Crippen molar-refractivity contribution < 1.29 is 22.7 Å². The third-order valence-electron chi connectivity index (χ3n) is 3.63. The molecule has 0 saturated carbocycles. The summed E-state index contributed by atoms with van der Waals surface area (Å²) in [6.07, 6.45) is 0. The van der Waals surface area contributed by atoms with Crippen molar-refractivity contribution in [2.24, 2.45) is 0 Å². The van der Waals surface area contributed by atoms with Crippen LogP contribution in [0.5, 0.6) is 0 Å². The molecule has 7 nitrogen and oxygen atoms in total. The summed E-state index contributed by atoms with van der Waals surface area (Å²) in [6.45, 7) is 3.30. The predicted octanol–water partition coefficient (Wildman–Crippen LogP) is 2.09. The topological polar surface area (TPSA) is 102 Å². The number of anilines is 1. The summed E-state index contributed by atoms with van der Waals surface area (Å²) >= 11 is 0. The number of carbonyl (C=O) groups excluding carboxylic acids is 2. The van der Waals surface area contributed by atoms with Crippen LogP contribution in [0, 0.1) is 6.92 Å². The maximum atomic E-state index is 12.3. The molecule has 0 aromatic heterocycles. The van der Waals surface area contributed by atoms with Gasteiger partial charge in [0.2, 0.25) is 15.9 Å². The number of carbonyl (C=O) groups is 2. The number of nitrogens with one attached hydrogen (secondary N) is 2. The van der Waals surface area contributed by atoms with Crippen LogP contribution in [-0.4, -0.2) is 33.4 Å². The normalized spacial score (nSPS) is 12.3. The molecule has 26 heavy (non-hydrogen) atoms. The zero-order valence-corrected chi connectivity index (χ0v) is 15.5.